The van der Waals surface area contributed by atoms with Crippen LogP contribution in [0, 0.1) is 0 Å². The number of halogens is 1. The maximum absolute atomic E-state index is 12.0. The maximum atomic E-state index is 12.0. The van der Waals surface area contributed by atoms with Crippen molar-refractivity contribution in [3.05, 3.63) is 45.8 Å². The summed E-state index contributed by atoms with van der Waals surface area (Å²) in [6.07, 6.45) is 1.07. The van der Waals surface area contributed by atoms with Gasteiger partial charge in [-0.3, -0.25) is 9.59 Å². The van der Waals surface area contributed by atoms with E-state index in [4.69, 9.17) is 11.6 Å². The average molecular weight is 327 g/mol. The zero-order valence-electron chi connectivity index (χ0n) is 10.9. The van der Waals surface area contributed by atoms with Crippen LogP contribution in [0.3, 0.4) is 0 Å². The first kappa shape index (κ1) is 15.4. The minimum absolute atomic E-state index is 0.179. The fourth-order valence-corrected chi connectivity index (χ4v) is 2.67. The number of carbonyl (C=O) groups is 3. The van der Waals surface area contributed by atoms with Gasteiger partial charge in [0.2, 0.25) is 0 Å². The van der Waals surface area contributed by atoms with Crippen molar-refractivity contribution >= 4 is 41.1 Å². The fraction of sp³-hybridized carbons (Fsp3) is 0.154. The van der Waals surface area contributed by atoms with E-state index in [1.165, 1.54) is 13.2 Å². The highest BCUT2D eigenvalue weighted by Gasteiger charge is 2.29. The maximum Gasteiger partial charge on any atom is 0.331 e. The molecule has 21 heavy (non-hydrogen) atoms. The second kappa shape index (κ2) is 6.64. The van der Waals surface area contributed by atoms with E-state index in [9.17, 15) is 14.4 Å². The van der Waals surface area contributed by atoms with Gasteiger partial charge in [0.1, 0.15) is 0 Å². The molecule has 1 atom stereocenters. The summed E-state index contributed by atoms with van der Waals surface area (Å²) in [5.74, 6) is -1.45. The summed E-state index contributed by atoms with van der Waals surface area (Å²) in [5, 5.41) is 5.59. The second-order valence-electron chi connectivity index (χ2n) is 3.99. The third-order valence-corrected chi connectivity index (χ3v) is 3.79. The lowest BCUT2D eigenvalue weighted by Crippen LogP contribution is -2.41. The van der Waals surface area contributed by atoms with Gasteiger partial charge in [-0.2, -0.15) is 0 Å². The van der Waals surface area contributed by atoms with Gasteiger partial charge in [-0.15, -0.1) is 0 Å². The predicted molar refractivity (Wildman–Crippen MR) is 78.5 cm³/mol. The minimum Gasteiger partial charge on any atom is -0.466 e. The van der Waals surface area contributed by atoms with E-state index in [2.05, 4.69) is 15.4 Å². The van der Waals surface area contributed by atoms with Crippen LogP contribution in [0.15, 0.2) is 35.2 Å². The van der Waals surface area contributed by atoms with Gasteiger partial charge in [0.05, 0.1) is 12.0 Å². The number of amides is 2. The van der Waals surface area contributed by atoms with Gasteiger partial charge in [0, 0.05) is 16.7 Å². The Balaban J connectivity index is 2.02. The van der Waals surface area contributed by atoms with Gasteiger partial charge in [-0.25, -0.2) is 4.79 Å². The molecule has 1 aromatic carbocycles. The van der Waals surface area contributed by atoms with Crippen molar-refractivity contribution in [2.45, 2.75) is 5.50 Å². The van der Waals surface area contributed by atoms with E-state index in [-0.39, 0.29) is 10.8 Å². The van der Waals surface area contributed by atoms with Crippen LogP contribution >= 0.6 is 23.4 Å². The van der Waals surface area contributed by atoms with Crippen LogP contribution in [-0.2, 0) is 14.3 Å². The lowest BCUT2D eigenvalue weighted by atomic mass is 10.2. The van der Waals surface area contributed by atoms with E-state index in [0.29, 0.717) is 10.6 Å². The number of hydrogen-bond acceptors (Lipinski definition) is 5. The molecule has 0 unspecified atom stereocenters. The highest BCUT2D eigenvalue weighted by Crippen LogP contribution is 2.26. The predicted octanol–water partition coefficient (Wildman–Crippen LogP) is 1.27. The number of thioether (sulfide) groups is 1. The molecule has 1 aliphatic rings. The molecule has 110 valence electrons. The Kier molecular flexibility index (Phi) is 4.87. The lowest BCUT2D eigenvalue weighted by molar-refractivity contribution is -0.135. The van der Waals surface area contributed by atoms with E-state index >= 15 is 0 Å². The average Bonchev–Trinajstić information content (AvgIpc) is 2.78. The Morgan fingerprint density at radius 3 is 2.90 bits per heavy atom. The van der Waals surface area contributed by atoms with Gasteiger partial charge < -0.3 is 15.4 Å². The first-order valence-electron chi connectivity index (χ1n) is 5.83. The molecule has 2 N–H and O–H groups in total. The first-order valence-corrected chi connectivity index (χ1v) is 7.09. The summed E-state index contributed by atoms with van der Waals surface area (Å²) in [6, 6.07) is 6.43. The largest absolute Gasteiger partial charge is 0.466 e. The van der Waals surface area contributed by atoms with Crippen molar-refractivity contribution in [1.29, 1.82) is 0 Å². The van der Waals surface area contributed by atoms with Crippen LogP contribution < -0.4 is 10.6 Å². The van der Waals surface area contributed by atoms with E-state index < -0.39 is 17.4 Å². The van der Waals surface area contributed by atoms with Crippen molar-refractivity contribution in [1.82, 2.24) is 10.6 Å². The number of hydrogen-bond donors (Lipinski definition) is 2. The standard InChI is InChI=1S/C13H11ClN2O4S/c1-20-10(17)6-9-12(19)16-13(21-9)15-11(18)7-3-2-4-8(14)5-7/h2-6,13H,1H3,(H,15,18)(H,16,19)/b9-6+/t13-/m0/s1. The van der Waals surface area contributed by atoms with Crippen LogP contribution in [0.1, 0.15) is 10.4 Å². The molecular formula is C13H11ClN2O4S. The summed E-state index contributed by atoms with van der Waals surface area (Å²) in [7, 11) is 1.22. The van der Waals surface area contributed by atoms with Crippen molar-refractivity contribution in [2.24, 2.45) is 0 Å². The normalized spacial score (nSPS) is 19.2. The summed E-state index contributed by atoms with van der Waals surface area (Å²) < 4.78 is 4.45. The van der Waals surface area contributed by atoms with Crippen LogP contribution in [0.4, 0.5) is 0 Å². The molecule has 6 nitrogen and oxygen atoms in total. The Morgan fingerprint density at radius 1 is 1.48 bits per heavy atom. The third kappa shape index (κ3) is 3.99. The van der Waals surface area contributed by atoms with Crippen molar-refractivity contribution in [3.8, 4) is 0 Å². The Hall–Kier alpha value is -1.99. The number of methoxy groups -OCH3 is 1. The molecule has 0 aromatic heterocycles. The van der Waals surface area contributed by atoms with Gasteiger partial charge in [-0.1, -0.05) is 29.4 Å². The Morgan fingerprint density at radius 2 is 2.24 bits per heavy atom. The van der Waals surface area contributed by atoms with Crippen LogP contribution in [-0.4, -0.2) is 30.4 Å². The SMILES string of the molecule is COC(=O)/C=C1/S[C@@H](NC(=O)c2cccc(Cl)c2)NC1=O. The molecular weight excluding hydrogens is 316 g/mol. The van der Waals surface area contributed by atoms with Gasteiger partial charge >= 0.3 is 5.97 Å². The topological polar surface area (TPSA) is 84.5 Å². The number of esters is 1. The third-order valence-electron chi connectivity index (χ3n) is 2.53. The number of carbonyl (C=O) groups excluding carboxylic acids is 3. The zero-order chi connectivity index (χ0) is 15.4. The van der Waals surface area contributed by atoms with E-state index in [0.717, 1.165) is 17.8 Å². The number of benzene rings is 1. The van der Waals surface area contributed by atoms with Crippen molar-refractivity contribution in [3.63, 3.8) is 0 Å². The van der Waals surface area contributed by atoms with Gasteiger partial charge in [0.15, 0.2) is 5.50 Å². The van der Waals surface area contributed by atoms with E-state index in [1.807, 2.05) is 0 Å². The van der Waals surface area contributed by atoms with Crippen molar-refractivity contribution < 1.29 is 19.1 Å². The van der Waals surface area contributed by atoms with Gasteiger partial charge in [-0.05, 0) is 18.2 Å². The smallest absolute Gasteiger partial charge is 0.331 e. The van der Waals surface area contributed by atoms with Crippen LogP contribution in [0.2, 0.25) is 5.02 Å². The minimum atomic E-state index is -0.653. The molecule has 2 rings (SSSR count). The fourth-order valence-electron chi connectivity index (χ4n) is 1.56. The second-order valence-corrected chi connectivity index (χ2v) is 5.57. The number of rotatable bonds is 3. The van der Waals surface area contributed by atoms with Crippen LogP contribution in [0.25, 0.3) is 0 Å². The highest BCUT2D eigenvalue weighted by atomic mass is 35.5. The number of ether oxygens (including phenoxy) is 1. The number of nitrogens with one attached hydrogen (secondary N) is 2. The molecule has 1 fully saturated rings. The van der Waals surface area contributed by atoms with E-state index in [1.54, 1.807) is 18.2 Å². The molecule has 1 aromatic rings. The zero-order valence-corrected chi connectivity index (χ0v) is 12.5. The molecule has 0 bridgehead atoms. The quantitative estimate of drug-likeness (QED) is 0.645. The molecule has 2 amide bonds. The van der Waals surface area contributed by atoms with Crippen molar-refractivity contribution in [2.75, 3.05) is 7.11 Å². The first-order chi connectivity index (χ1) is 9.99. The lowest BCUT2D eigenvalue weighted by Gasteiger charge is -2.11. The molecule has 0 spiro atoms. The van der Waals surface area contributed by atoms with Crippen LogP contribution in [0.5, 0.6) is 0 Å². The molecule has 1 saturated heterocycles. The summed E-state index contributed by atoms with van der Waals surface area (Å²) in [5.41, 5.74) is -0.275. The molecule has 1 aliphatic heterocycles. The molecule has 8 heteroatoms. The highest BCUT2D eigenvalue weighted by molar-refractivity contribution is 8.05. The molecule has 1 heterocycles. The monoisotopic (exact) mass is 326 g/mol. The molecule has 0 aliphatic carbocycles. The summed E-state index contributed by atoms with van der Waals surface area (Å²) in [6.45, 7) is 0. The summed E-state index contributed by atoms with van der Waals surface area (Å²) >= 11 is 6.83. The van der Waals surface area contributed by atoms with Gasteiger partial charge in [0.25, 0.3) is 11.8 Å². The molecule has 0 saturated carbocycles. The Labute approximate surface area is 129 Å². The molecule has 0 radical (unpaired) electrons. The Bertz CT molecular complexity index is 632. The summed E-state index contributed by atoms with van der Waals surface area (Å²) in [4.78, 5) is 34.9.